The lowest BCUT2D eigenvalue weighted by Crippen LogP contribution is -1.82. The molecule has 0 N–H and O–H groups in total. The molecule has 0 bridgehead atoms. The smallest absolute Gasteiger partial charge is 0.0663 e. The first-order valence-electron chi connectivity index (χ1n) is 1.73. The van der Waals surface area contributed by atoms with Crippen LogP contribution in [0.5, 0.6) is 0 Å². The summed E-state index contributed by atoms with van der Waals surface area (Å²) in [5.41, 5.74) is 0. The second kappa shape index (κ2) is 2.67. The second-order valence-electron chi connectivity index (χ2n) is 1.07. The highest BCUT2D eigenvalue weighted by atomic mass is 127. The highest BCUT2D eigenvalue weighted by molar-refractivity contribution is 14.1. The molecule has 1 saturated heterocycles. The van der Waals surface area contributed by atoms with Gasteiger partial charge in [-0.3, -0.25) is 0 Å². The molecule has 1 heterocycles. The monoisotopic (exact) mass is 232 g/mol. The van der Waals surface area contributed by atoms with Gasteiger partial charge >= 0.3 is 0 Å². The molecule has 0 spiro atoms. The highest BCUT2D eigenvalue weighted by Crippen LogP contribution is 2.33. The number of rotatable bonds is 0. The van der Waals surface area contributed by atoms with Gasteiger partial charge in [0.1, 0.15) is 0 Å². The molecule has 0 radical (unpaired) electrons. The van der Waals surface area contributed by atoms with Gasteiger partial charge in [-0.15, -0.1) is 23.5 Å². The molecule has 1 rings (SSSR count). The van der Waals surface area contributed by atoms with Crippen LogP contribution in [-0.4, -0.2) is 14.1 Å². The SMILES string of the molecule is IC1CSCS1. The van der Waals surface area contributed by atoms with Gasteiger partial charge in [0.25, 0.3) is 0 Å². The number of hydrogen-bond acceptors (Lipinski definition) is 2. The Morgan fingerprint density at radius 2 is 2.50 bits per heavy atom. The Balaban J connectivity index is 2.18. The summed E-state index contributed by atoms with van der Waals surface area (Å²) in [5.74, 6) is 1.35. The van der Waals surface area contributed by atoms with E-state index in [1.54, 1.807) is 0 Å². The Kier molecular flexibility index (Phi) is 2.47. The first kappa shape index (κ1) is 5.56. The second-order valence-corrected chi connectivity index (χ2v) is 6.00. The average Bonchev–Trinajstić information content (AvgIpc) is 1.86. The molecular formula is C3H5IS2. The molecule has 6 heavy (non-hydrogen) atoms. The van der Waals surface area contributed by atoms with Crippen molar-refractivity contribution < 1.29 is 0 Å². The minimum atomic E-state index is 0.896. The van der Waals surface area contributed by atoms with Gasteiger partial charge in [-0.05, 0) is 0 Å². The van der Waals surface area contributed by atoms with Crippen LogP contribution in [0.1, 0.15) is 0 Å². The Labute approximate surface area is 60.0 Å². The van der Waals surface area contributed by atoms with Crippen LogP contribution in [0.2, 0.25) is 0 Å². The van der Waals surface area contributed by atoms with E-state index in [0.29, 0.717) is 0 Å². The standard InChI is InChI=1S/C3H5IS2/c4-3-1-5-2-6-3/h3H,1-2H2. The van der Waals surface area contributed by atoms with Gasteiger partial charge in [-0.1, -0.05) is 22.6 Å². The van der Waals surface area contributed by atoms with Gasteiger partial charge in [0.05, 0.1) is 3.26 Å². The molecular weight excluding hydrogens is 227 g/mol. The summed E-state index contributed by atoms with van der Waals surface area (Å²) in [6.45, 7) is 0. The molecule has 1 fully saturated rings. The third-order valence-corrected chi connectivity index (χ3v) is 5.22. The lowest BCUT2D eigenvalue weighted by atomic mass is 11.0. The van der Waals surface area contributed by atoms with Crippen LogP contribution in [0.4, 0.5) is 0 Å². The predicted octanol–water partition coefficient (Wildman–Crippen LogP) is 2.19. The maximum absolute atomic E-state index is 2.47. The van der Waals surface area contributed by atoms with Crippen molar-refractivity contribution in [2.45, 2.75) is 3.26 Å². The average molecular weight is 232 g/mol. The van der Waals surface area contributed by atoms with Crippen LogP contribution >= 0.6 is 46.1 Å². The van der Waals surface area contributed by atoms with Gasteiger partial charge in [0.15, 0.2) is 0 Å². The van der Waals surface area contributed by atoms with E-state index in [-0.39, 0.29) is 0 Å². The molecule has 0 aliphatic carbocycles. The fraction of sp³-hybridized carbons (Fsp3) is 1.00. The van der Waals surface area contributed by atoms with Crippen LogP contribution in [-0.2, 0) is 0 Å². The zero-order chi connectivity index (χ0) is 4.41. The van der Waals surface area contributed by atoms with E-state index in [4.69, 9.17) is 0 Å². The fourth-order valence-corrected chi connectivity index (χ4v) is 4.61. The quantitative estimate of drug-likeness (QED) is 0.463. The third-order valence-electron chi connectivity index (χ3n) is 0.581. The first-order chi connectivity index (χ1) is 2.89. The number of thioether (sulfide) groups is 2. The maximum Gasteiger partial charge on any atom is 0.0663 e. The van der Waals surface area contributed by atoms with E-state index >= 15 is 0 Å². The Morgan fingerprint density at radius 3 is 2.67 bits per heavy atom. The van der Waals surface area contributed by atoms with Crippen molar-refractivity contribution in [1.29, 1.82) is 0 Å². The molecule has 0 nitrogen and oxygen atoms in total. The van der Waals surface area contributed by atoms with E-state index in [2.05, 4.69) is 22.6 Å². The van der Waals surface area contributed by atoms with Crippen molar-refractivity contribution in [3.63, 3.8) is 0 Å². The van der Waals surface area contributed by atoms with Crippen molar-refractivity contribution >= 4 is 46.1 Å². The lowest BCUT2D eigenvalue weighted by molar-refractivity contribution is 1.54. The summed E-state index contributed by atoms with van der Waals surface area (Å²) in [5, 5.41) is 1.31. The minimum absolute atomic E-state index is 0.896. The van der Waals surface area contributed by atoms with Gasteiger partial charge < -0.3 is 0 Å². The van der Waals surface area contributed by atoms with Gasteiger partial charge in [-0.2, -0.15) is 0 Å². The zero-order valence-electron chi connectivity index (χ0n) is 3.19. The molecule has 0 aromatic rings. The molecule has 0 saturated carbocycles. The lowest BCUT2D eigenvalue weighted by Gasteiger charge is -1.87. The minimum Gasteiger partial charge on any atom is -0.149 e. The molecule has 1 aliphatic heterocycles. The largest absolute Gasteiger partial charge is 0.149 e. The Hall–Kier alpha value is 1.43. The van der Waals surface area contributed by atoms with Crippen molar-refractivity contribution in [3.05, 3.63) is 0 Å². The van der Waals surface area contributed by atoms with Crippen molar-refractivity contribution in [3.8, 4) is 0 Å². The van der Waals surface area contributed by atoms with Gasteiger partial charge in [0.2, 0.25) is 0 Å². The van der Waals surface area contributed by atoms with Crippen molar-refractivity contribution in [2.75, 3.05) is 10.8 Å². The molecule has 0 aromatic carbocycles. The highest BCUT2D eigenvalue weighted by Gasteiger charge is 2.10. The predicted molar refractivity (Wildman–Crippen MR) is 42.7 cm³/mol. The van der Waals surface area contributed by atoms with E-state index in [1.165, 1.54) is 10.8 Å². The summed E-state index contributed by atoms with van der Waals surface area (Å²) in [7, 11) is 0. The van der Waals surface area contributed by atoms with Crippen LogP contribution in [0.25, 0.3) is 0 Å². The molecule has 1 atom stereocenters. The number of halogens is 1. The summed E-state index contributed by atoms with van der Waals surface area (Å²) >= 11 is 6.56. The van der Waals surface area contributed by atoms with Gasteiger partial charge in [-0.25, -0.2) is 0 Å². The van der Waals surface area contributed by atoms with Crippen molar-refractivity contribution in [2.24, 2.45) is 0 Å². The molecule has 1 unspecified atom stereocenters. The molecule has 1 aliphatic rings. The Bertz CT molecular complexity index is 42.1. The van der Waals surface area contributed by atoms with E-state index in [1.807, 2.05) is 23.5 Å². The first-order valence-corrected chi connectivity index (χ1v) is 5.18. The van der Waals surface area contributed by atoms with E-state index in [0.717, 1.165) is 3.26 Å². The van der Waals surface area contributed by atoms with Crippen molar-refractivity contribution in [1.82, 2.24) is 0 Å². The summed E-state index contributed by atoms with van der Waals surface area (Å²) in [4.78, 5) is 0. The van der Waals surface area contributed by atoms with Crippen LogP contribution in [0.15, 0.2) is 0 Å². The molecule has 3 heteroatoms. The number of hydrogen-bond donors (Lipinski definition) is 0. The molecule has 36 valence electrons. The van der Waals surface area contributed by atoms with E-state index in [9.17, 15) is 0 Å². The van der Waals surface area contributed by atoms with Crippen LogP contribution in [0.3, 0.4) is 0 Å². The summed E-state index contributed by atoms with van der Waals surface area (Å²) in [6.07, 6.45) is 0. The van der Waals surface area contributed by atoms with E-state index < -0.39 is 0 Å². The summed E-state index contributed by atoms with van der Waals surface area (Å²) in [6, 6.07) is 0. The normalized spacial score (nSPS) is 34.5. The van der Waals surface area contributed by atoms with Gasteiger partial charge in [0, 0.05) is 10.8 Å². The van der Waals surface area contributed by atoms with Crippen LogP contribution < -0.4 is 0 Å². The molecule has 0 amide bonds. The topological polar surface area (TPSA) is 0 Å². The van der Waals surface area contributed by atoms with Crippen LogP contribution in [0, 0.1) is 0 Å². The zero-order valence-corrected chi connectivity index (χ0v) is 6.98. The third kappa shape index (κ3) is 1.50. The fourth-order valence-electron chi connectivity index (χ4n) is 0.311. The Morgan fingerprint density at radius 1 is 1.67 bits per heavy atom. The summed E-state index contributed by atoms with van der Waals surface area (Å²) < 4.78 is 0.896. The number of alkyl halides is 1. The maximum atomic E-state index is 2.47. The molecule has 0 aromatic heterocycles.